The molecule has 1 aliphatic rings. The van der Waals surface area contributed by atoms with E-state index in [-0.39, 0.29) is 18.1 Å². The zero-order valence-electron chi connectivity index (χ0n) is 10.1. The highest BCUT2D eigenvalue weighted by atomic mass is 16.5. The predicted molar refractivity (Wildman–Crippen MR) is 60.7 cm³/mol. The van der Waals surface area contributed by atoms with Gasteiger partial charge in [0, 0.05) is 0 Å². The maximum Gasteiger partial charge on any atom is 0.323 e. The number of nitrogens with one attached hydrogen (secondary N) is 1. The summed E-state index contributed by atoms with van der Waals surface area (Å²) in [5.41, 5.74) is 0. The van der Waals surface area contributed by atoms with Gasteiger partial charge in [0.25, 0.3) is 0 Å². The minimum atomic E-state index is -0.0668. The van der Waals surface area contributed by atoms with Crippen LogP contribution < -0.4 is 5.32 Å². The number of carbonyl (C=O) groups is 1. The average molecular weight is 213 g/mol. The Hall–Kier alpha value is -0.570. The van der Waals surface area contributed by atoms with Gasteiger partial charge in [0.15, 0.2) is 0 Å². The number of piperidine rings is 1. The van der Waals surface area contributed by atoms with E-state index in [1.165, 1.54) is 6.42 Å². The molecule has 1 aliphatic heterocycles. The van der Waals surface area contributed by atoms with E-state index in [4.69, 9.17) is 4.74 Å². The van der Waals surface area contributed by atoms with E-state index in [0.29, 0.717) is 5.92 Å². The molecule has 1 unspecified atom stereocenters. The van der Waals surface area contributed by atoms with Crippen LogP contribution in [0.25, 0.3) is 0 Å². The molecule has 3 nitrogen and oxygen atoms in total. The molecular weight excluding hydrogens is 190 g/mol. The Balaban J connectivity index is 2.27. The monoisotopic (exact) mass is 213 g/mol. The molecule has 0 aromatic rings. The molecule has 0 bridgehead atoms. The van der Waals surface area contributed by atoms with E-state index in [9.17, 15) is 4.79 Å². The SMILES string of the molecule is CC(C)CC(C)OC(=O)[C@@H]1CCCCN1. The van der Waals surface area contributed by atoms with Crippen molar-refractivity contribution in [3.8, 4) is 0 Å². The fourth-order valence-corrected chi connectivity index (χ4v) is 2.05. The summed E-state index contributed by atoms with van der Waals surface area (Å²) in [5, 5.41) is 3.20. The highest BCUT2D eigenvalue weighted by Crippen LogP contribution is 2.12. The van der Waals surface area contributed by atoms with Crippen LogP contribution in [0.4, 0.5) is 0 Å². The highest BCUT2D eigenvalue weighted by Gasteiger charge is 2.23. The van der Waals surface area contributed by atoms with Gasteiger partial charge in [0.2, 0.25) is 0 Å². The molecule has 0 aliphatic carbocycles. The number of hydrogen-bond donors (Lipinski definition) is 1. The van der Waals surface area contributed by atoms with Gasteiger partial charge in [-0.05, 0) is 38.6 Å². The summed E-state index contributed by atoms with van der Waals surface area (Å²) in [7, 11) is 0. The van der Waals surface area contributed by atoms with Crippen molar-refractivity contribution in [3.05, 3.63) is 0 Å². The molecule has 1 rings (SSSR count). The molecule has 88 valence electrons. The fraction of sp³-hybridized carbons (Fsp3) is 0.917. The minimum Gasteiger partial charge on any atom is -0.462 e. The Morgan fingerprint density at radius 2 is 2.13 bits per heavy atom. The first kappa shape index (κ1) is 12.5. The Morgan fingerprint density at radius 1 is 1.40 bits per heavy atom. The van der Waals surface area contributed by atoms with Crippen molar-refractivity contribution in [2.24, 2.45) is 5.92 Å². The molecule has 0 aromatic carbocycles. The molecule has 1 heterocycles. The Morgan fingerprint density at radius 3 is 2.67 bits per heavy atom. The number of rotatable bonds is 4. The average Bonchev–Trinajstić information content (AvgIpc) is 2.17. The number of ether oxygens (including phenoxy) is 1. The zero-order valence-corrected chi connectivity index (χ0v) is 10.1. The smallest absolute Gasteiger partial charge is 0.323 e. The van der Waals surface area contributed by atoms with E-state index >= 15 is 0 Å². The third-order valence-electron chi connectivity index (χ3n) is 2.72. The first-order valence-electron chi connectivity index (χ1n) is 6.03. The van der Waals surface area contributed by atoms with Gasteiger partial charge in [0.1, 0.15) is 6.04 Å². The fourth-order valence-electron chi connectivity index (χ4n) is 2.05. The lowest BCUT2D eigenvalue weighted by molar-refractivity contribution is -0.152. The molecule has 1 saturated heterocycles. The number of hydrogen-bond acceptors (Lipinski definition) is 3. The van der Waals surface area contributed by atoms with Gasteiger partial charge in [-0.3, -0.25) is 4.79 Å². The normalized spacial score (nSPS) is 23.9. The van der Waals surface area contributed by atoms with Crippen LogP contribution in [0.2, 0.25) is 0 Å². The van der Waals surface area contributed by atoms with Gasteiger partial charge < -0.3 is 10.1 Å². The van der Waals surface area contributed by atoms with Crippen LogP contribution in [0.15, 0.2) is 0 Å². The van der Waals surface area contributed by atoms with Crippen LogP contribution in [0.3, 0.4) is 0 Å². The molecule has 0 spiro atoms. The largest absolute Gasteiger partial charge is 0.462 e. The second-order valence-corrected chi connectivity index (χ2v) is 4.88. The van der Waals surface area contributed by atoms with Gasteiger partial charge >= 0.3 is 5.97 Å². The predicted octanol–water partition coefficient (Wildman–Crippen LogP) is 2.11. The Bertz CT molecular complexity index is 198. The van der Waals surface area contributed by atoms with E-state index in [0.717, 1.165) is 25.8 Å². The van der Waals surface area contributed by atoms with Gasteiger partial charge in [-0.1, -0.05) is 20.3 Å². The maximum absolute atomic E-state index is 11.7. The second-order valence-electron chi connectivity index (χ2n) is 4.88. The first-order chi connectivity index (χ1) is 7.09. The van der Waals surface area contributed by atoms with Crippen LogP contribution in [-0.4, -0.2) is 24.7 Å². The third kappa shape index (κ3) is 4.65. The molecular formula is C12H23NO2. The van der Waals surface area contributed by atoms with E-state index in [1.54, 1.807) is 0 Å². The van der Waals surface area contributed by atoms with Crippen LogP contribution in [0, 0.1) is 5.92 Å². The van der Waals surface area contributed by atoms with E-state index < -0.39 is 0 Å². The molecule has 0 aromatic heterocycles. The van der Waals surface area contributed by atoms with Gasteiger partial charge in [-0.2, -0.15) is 0 Å². The second kappa shape index (κ2) is 6.11. The van der Waals surface area contributed by atoms with E-state index in [2.05, 4.69) is 19.2 Å². The third-order valence-corrected chi connectivity index (χ3v) is 2.72. The lowest BCUT2D eigenvalue weighted by Crippen LogP contribution is -2.42. The quantitative estimate of drug-likeness (QED) is 0.727. The van der Waals surface area contributed by atoms with Crippen molar-refractivity contribution in [2.45, 2.75) is 58.6 Å². The van der Waals surface area contributed by atoms with Crippen molar-refractivity contribution in [3.63, 3.8) is 0 Å². The first-order valence-corrected chi connectivity index (χ1v) is 6.03. The lowest BCUT2D eigenvalue weighted by atomic mass is 10.0. The standard InChI is InChI=1S/C12H23NO2/c1-9(2)8-10(3)15-12(14)11-6-4-5-7-13-11/h9-11,13H,4-8H2,1-3H3/t10?,11-/m0/s1. The van der Waals surface area contributed by atoms with Crippen molar-refractivity contribution in [2.75, 3.05) is 6.54 Å². The number of esters is 1. The molecule has 2 atom stereocenters. The molecule has 3 heteroatoms. The highest BCUT2D eigenvalue weighted by molar-refractivity contribution is 5.76. The lowest BCUT2D eigenvalue weighted by Gasteiger charge is -2.24. The summed E-state index contributed by atoms with van der Waals surface area (Å²) in [4.78, 5) is 11.7. The summed E-state index contributed by atoms with van der Waals surface area (Å²) < 4.78 is 5.40. The number of carbonyl (C=O) groups excluding carboxylic acids is 1. The minimum absolute atomic E-state index is 0.0428. The zero-order chi connectivity index (χ0) is 11.3. The molecule has 0 radical (unpaired) electrons. The van der Waals surface area contributed by atoms with Crippen molar-refractivity contribution >= 4 is 5.97 Å². The summed E-state index contributed by atoms with van der Waals surface area (Å²) in [6.45, 7) is 7.20. The van der Waals surface area contributed by atoms with Crippen molar-refractivity contribution < 1.29 is 9.53 Å². The molecule has 0 saturated carbocycles. The van der Waals surface area contributed by atoms with Gasteiger partial charge in [-0.15, -0.1) is 0 Å². The van der Waals surface area contributed by atoms with Crippen LogP contribution >= 0.6 is 0 Å². The summed E-state index contributed by atoms with van der Waals surface area (Å²) in [5.74, 6) is 0.509. The molecule has 1 N–H and O–H groups in total. The summed E-state index contributed by atoms with van der Waals surface area (Å²) in [6.07, 6.45) is 4.21. The molecule has 1 fully saturated rings. The van der Waals surface area contributed by atoms with Crippen molar-refractivity contribution in [1.82, 2.24) is 5.32 Å². The van der Waals surface area contributed by atoms with Gasteiger partial charge in [-0.25, -0.2) is 0 Å². The topological polar surface area (TPSA) is 38.3 Å². The van der Waals surface area contributed by atoms with Gasteiger partial charge in [0.05, 0.1) is 6.10 Å². The maximum atomic E-state index is 11.7. The van der Waals surface area contributed by atoms with Crippen molar-refractivity contribution in [1.29, 1.82) is 0 Å². The molecule has 15 heavy (non-hydrogen) atoms. The van der Waals surface area contributed by atoms with E-state index in [1.807, 2.05) is 6.92 Å². The summed E-state index contributed by atoms with van der Waals surface area (Å²) in [6, 6.07) is -0.0617. The Kier molecular flexibility index (Phi) is 5.09. The summed E-state index contributed by atoms with van der Waals surface area (Å²) >= 11 is 0. The van der Waals surface area contributed by atoms with Crippen LogP contribution in [0.1, 0.15) is 46.5 Å². The van der Waals surface area contributed by atoms with Crippen LogP contribution in [0.5, 0.6) is 0 Å². The Labute approximate surface area is 92.6 Å². The van der Waals surface area contributed by atoms with Crippen LogP contribution in [-0.2, 0) is 9.53 Å². The molecule has 0 amide bonds.